The highest BCUT2D eigenvalue weighted by atomic mass is 32.1. The van der Waals surface area contributed by atoms with Crippen LogP contribution in [0.4, 0.5) is 0 Å². The molecule has 3 rings (SSSR count). The molecule has 0 radical (unpaired) electrons. The summed E-state index contributed by atoms with van der Waals surface area (Å²) in [5.74, 6) is 0.822. The third-order valence-electron chi connectivity index (χ3n) is 3.27. The van der Waals surface area contributed by atoms with E-state index in [-0.39, 0.29) is 0 Å². The highest BCUT2D eigenvalue weighted by Crippen LogP contribution is 2.14. The van der Waals surface area contributed by atoms with E-state index in [1.807, 2.05) is 24.3 Å². The standard InChI is InChI=1S/C17H16N4OS/c1-13-2-4-15(5-3-13)11-22-16-8-6-14(7-9-16)10-19-21-12-18-20-17(21)23/h2-10,12H,11H2,1H3,(H,20,23)/b19-10-. The molecule has 0 amide bonds. The van der Waals surface area contributed by atoms with Crippen molar-refractivity contribution in [1.29, 1.82) is 0 Å². The van der Waals surface area contributed by atoms with Gasteiger partial charge < -0.3 is 4.74 Å². The van der Waals surface area contributed by atoms with Crippen molar-refractivity contribution in [3.63, 3.8) is 0 Å². The lowest BCUT2D eigenvalue weighted by molar-refractivity contribution is 0.306. The van der Waals surface area contributed by atoms with Crippen molar-refractivity contribution in [3.8, 4) is 5.75 Å². The SMILES string of the molecule is Cc1ccc(COc2ccc(/C=N\n3cn[nH]c3=S)cc2)cc1. The molecule has 0 spiro atoms. The average Bonchev–Trinajstić information content (AvgIpc) is 2.98. The van der Waals surface area contributed by atoms with Gasteiger partial charge in [0, 0.05) is 0 Å². The molecule has 0 atom stereocenters. The monoisotopic (exact) mass is 324 g/mol. The molecule has 0 bridgehead atoms. The van der Waals surface area contributed by atoms with E-state index < -0.39 is 0 Å². The lowest BCUT2D eigenvalue weighted by Crippen LogP contribution is -1.95. The fourth-order valence-electron chi connectivity index (χ4n) is 1.95. The second-order valence-electron chi connectivity index (χ2n) is 5.09. The molecule has 0 aliphatic rings. The number of hydrogen-bond donors (Lipinski definition) is 1. The Morgan fingerprint density at radius 2 is 1.91 bits per heavy atom. The van der Waals surface area contributed by atoms with Gasteiger partial charge in [-0.2, -0.15) is 14.9 Å². The van der Waals surface area contributed by atoms with Gasteiger partial charge in [0.2, 0.25) is 4.77 Å². The van der Waals surface area contributed by atoms with E-state index in [2.05, 4.69) is 46.5 Å². The minimum atomic E-state index is 0.458. The Labute approximate surface area is 139 Å². The first kappa shape index (κ1) is 15.2. The predicted molar refractivity (Wildman–Crippen MR) is 92.4 cm³/mol. The lowest BCUT2D eigenvalue weighted by atomic mass is 10.2. The Kier molecular flexibility index (Phi) is 4.63. The molecule has 0 saturated carbocycles. The zero-order valence-corrected chi connectivity index (χ0v) is 13.5. The van der Waals surface area contributed by atoms with Crippen molar-refractivity contribution in [1.82, 2.24) is 14.9 Å². The van der Waals surface area contributed by atoms with Crippen molar-refractivity contribution in [2.24, 2.45) is 5.10 Å². The van der Waals surface area contributed by atoms with E-state index in [1.54, 1.807) is 6.21 Å². The Balaban J connectivity index is 1.60. The maximum atomic E-state index is 5.78. The van der Waals surface area contributed by atoms with Crippen LogP contribution in [0.2, 0.25) is 0 Å². The second kappa shape index (κ2) is 7.02. The number of hydrogen-bond acceptors (Lipinski definition) is 4. The number of aryl methyl sites for hydroxylation is 1. The number of H-pyrrole nitrogens is 1. The third-order valence-corrected chi connectivity index (χ3v) is 3.55. The van der Waals surface area contributed by atoms with Gasteiger partial charge in [0.15, 0.2) is 0 Å². The van der Waals surface area contributed by atoms with Crippen molar-refractivity contribution in [2.45, 2.75) is 13.5 Å². The predicted octanol–water partition coefficient (Wildman–Crippen LogP) is 3.71. The van der Waals surface area contributed by atoms with E-state index in [0.717, 1.165) is 16.9 Å². The summed E-state index contributed by atoms with van der Waals surface area (Å²) in [6.45, 7) is 2.62. The molecule has 1 heterocycles. The van der Waals surface area contributed by atoms with Gasteiger partial charge in [0.25, 0.3) is 0 Å². The number of nitrogens with one attached hydrogen (secondary N) is 1. The maximum absolute atomic E-state index is 5.78. The van der Waals surface area contributed by atoms with E-state index in [1.165, 1.54) is 16.6 Å². The minimum Gasteiger partial charge on any atom is -0.489 e. The molecule has 0 fully saturated rings. The first-order valence-corrected chi connectivity index (χ1v) is 7.56. The molecular formula is C17H16N4OS. The topological polar surface area (TPSA) is 55.2 Å². The van der Waals surface area contributed by atoms with Crippen LogP contribution in [0, 0.1) is 11.7 Å². The first-order chi connectivity index (χ1) is 11.2. The summed E-state index contributed by atoms with van der Waals surface area (Å²) in [6, 6.07) is 16.0. The van der Waals surface area contributed by atoms with Crippen LogP contribution < -0.4 is 4.74 Å². The number of aromatic amines is 1. The zero-order chi connectivity index (χ0) is 16.1. The van der Waals surface area contributed by atoms with Gasteiger partial charge in [-0.25, -0.2) is 0 Å². The summed E-state index contributed by atoms with van der Waals surface area (Å²) < 4.78 is 7.73. The van der Waals surface area contributed by atoms with Gasteiger partial charge >= 0.3 is 0 Å². The van der Waals surface area contributed by atoms with Gasteiger partial charge in [-0.3, -0.25) is 5.10 Å². The molecule has 0 saturated heterocycles. The Hall–Kier alpha value is -2.73. The smallest absolute Gasteiger partial charge is 0.216 e. The third kappa shape index (κ3) is 4.14. The number of benzene rings is 2. The van der Waals surface area contributed by atoms with Crippen LogP contribution in [0.3, 0.4) is 0 Å². The van der Waals surface area contributed by atoms with E-state index in [4.69, 9.17) is 17.0 Å². The van der Waals surface area contributed by atoms with Crippen LogP contribution in [-0.4, -0.2) is 21.1 Å². The Bertz CT molecular complexity index is 847. The van der Waals surface area contributed by atoms with Gasteiger partial charge in [0.05, 0.1) is 6.21 Å². The first-order valence-electron chi connectivity index (χ1n) is 7.15. The molecule has 0 aliphatic carbocycles. The highest BCUT2D eigenvalue weighted by molar-refractivity contribution is 7.71. The molecule has 1 aromatic heterocycles. The summed E-state index contributed by atoms with van der Waals surface area (Å²) in [4.78, 5) is 0. The van der Waals surface area contributed by atoms with Gasteiger partial charge in [-0.15, -0.1) is 0 Å². The van der Waals surface area contributed by atoms with Crippen LogP contribution in [0.15, 0.2) is 60.0 Å². The van der Waals surface area contributed by atoms with Crippen LogP contribution in [0.1, 0.15) is 16.7 Å². The zero-order valence-electron chi connectivity index (χ0n) is 12.6. The van der Waals surface area contributed by atoms with Gasteiger partial charge in [-0.1, -0.05) is 29.8 Å². The fourth-order valence-corrected chi connectivity index (χ4v) is 2.10. The maximum Gasteiger partial charge on any atom is 0.216 e. The summed E-state index contributed by atoms with van der Waals surface area (Å²) in [5.41, 5.74) is 3.35. The summed E-state index contributed by atoms with van der Waals surface area (Å²) in [6.07, 6.45) is 3.24. The van der Waals surface area contributed by atoms with Crippen molar-refractivity contribution >= 4 is 18.4 Å². The van der Waals surface area contributed by atoms with Crippen molar-refractivity contribution in [3.05, 3.63) is 76.3 Å². The molecule has 0 unspecified atom stereocenters. The fraction of sp³-hybridized carbons (Fsp3) is 0.118. The molecule has 116 valence electrons. The van der Waals surface area contributed by atoms with Gasteiger partial charge in [-0.05, 0) is 54.5 Å². The molecule has 1 N–H and O–H groups in total. The molecule has 0 aliphatic heterocycles. The largest absolute Gasteiger partial charge is 0.489 e. The molecule has 5 nitrogen and oxygen atoms in total. The second-order valence-corrected chi connectivity index (χ2v) is 5.48. The van der Waals surface area contributed by atoms with Crippen LogP contribution in [-0.2, 0) is 6.61 Å². The molecule has 23 heavy (non-hydrogen) atoms. The number of nitrogens with zero attached hydrogens (tertiary/aromatic N) is 3. The Morgan fingerprint density at radius 3 is 2.57 bits per heavy atom. The van der Waals surface area contributed by atoms with Crippen LogP contribution in [0.25, 0.3) is 0 Å². The quantitative estimate of drug-likeness (QED) is 0.575. The van der Waals surface area contributed by atoms with Crippen LogP contribution in [0.5, 0.6) is 5.75 Å². The van der Waals surface area contributed by atoms with E-state index >= 15 is 0 Å². The molecule has 2 aromatic carbocycles. The lowest BCUT2D eigenvalue weighted by Gasteiger charge is -2.06. The van der Waals surface area contributed by atoms with Gasteiger partial charge in [0.1, 0.15) is 18.7 Å². The van der Waals surface area contributed by atoms with E-state index in [9.17, 15) is 0 Å². The van der Waals surface area contributed by atoms with Crippen molar-refractivity contribution < 1.29 is 4.74 Å². The summed E-state index contributed by atoms with van der Waals surface area (Å²) in [7, 11) is 0. The normalized spacial score (nSPS) is 11.0. The number of aromatic nitrogens is 3. The summed E-state index contributed by atoms with van der Waals surface area (Å²) in [5, 5.41) is 10.7. The Morgan fingerprint density at radius 1 is 1.17 bits per heavy atom. The minimum absolute atomic E-state index is 0.458. The number of rotatable bonds is 5. The molecule has 6 heteroatoms. The number of ether oxygens (including phenoxy) is 1. The summed E-state index contributed by atoms with van der Waals surface area (Å²) >= 11 is 5.02. The average molecular weight is 324 g/mol. The van der Waals surface area contributed by atoms with Crippen molar-refractivity contribution in [2.75, 3.05) is 0 Å². The molecular weight excluding hydrogens is 308 g/mol. The highest BCUT2D eigenvalue weighted by Gasteiger charge is 1.97. The van der Waals surface area contributed by atoms with E-state index in [0.29, 0.717) is 11.4 Å². The molecule has 3 aromatic rings. The van der Waals surface area contributed by atoms with Crippen LogP contribution >= 0.6 is 12.2 Å².